The highest BCUT2D eigenvalue weighted by Gasteiger charge is 2.43. The molecule has 2 aliphatic rings. The molecule has 6 heteroatoms. The Morgan fingerprint density at radius 1 is 1.29 bits per heavy atom. The molecule has 0 unspecified atom stereocenters. The number of halogens is 3. The van der Waals surface area contributed by atoms with E-state index in [1.54, 1.807) is 0 Å². The smallest absolute Gasteiger partial charge is 0.373 e. The Kier molecular flexibility index (Phi) is 3.55. The van der Waals surface area contributed by atoms with E-state index in [0.717, 1.165) is 11.3 Å². The number of alkyl halides is 3. The molecule has 0 radical (unpaired) electrons. The van der Waals surface area contributed by atoms with Crippen LogP contribution in [0.3, 0.4) is 0 Å². The third-order valence-corrected chi connectivity index (χ3v) is 4.27. The minimum Gasteiger partial charge on any atom is -0.373 e. The minimum atomic E-state index is -4.22. The van der Waals surface area contributed by atoms with E-state index in [0.29, 0.717) is 19.4 Å². The average molecular weight is 298 g/mol. The predicted molar refractivity (Wildman–Crippen MR) is 72.9 cm³/mol. The summed E-state index contributed by atoms with van der Waals surface area (Å²) in [5, 5.41) is 3.11. The van der Waals surface area contributed by atoms with Gasteiger partial charge in [0, 0.05) is 25.2 Å². The standard InChI is InChI=1S/C15H17F3N2O/c16-15(17,18)11-5-3-7-20(9-11)14(21)13-8-10-4-1-2-6-12(10)19-13/h1-2,4,6,11,13,19H,3,5,7-9H2/t11-,13-/m1/s1. The highest BCUT2D eigenvalue weighted by atomic mass is 19.4. The van der Waals surface area contributed by atoms with E-state index in [9.17, 15) is 18.0 Å². The Hall–Kier alpha value is -1.72. The van der Waals surface area contributed by atoms with Gasteiger partial charge in [0.15, 0.2) is 0 Å². The summed E-state index contributed by atoms with van der Waals surface area (Å²) >= 11 is 0. The Morgan fingerprint density at radius 2 is 2.05 bits per heavy atom. The van der Waals surface area contributed by atoms with Crippen LogP contribution in [0.25, 0.3) is 0 Å². The van der Waals surface area contributed by atoms with E-state index in [2.05, 4.69) is 5.32 Å². The number of amides is 1. The molecule has 1 amide bonds. The van der Waals surface area contributed by atoms with Gasteiger partial charge in [-0.25, -0.2) is 0 Å². The lowest BCUT2D eigenvalue weighted by molar-refractivity contribution is -0.188. The maximum Gasteiger partial charge on any atom is 0.393 e. The zero-order chi connectivity index (χ0) is 15.0. The number of carbonyl (C=O) groups excluding carboxylic acids is 1. The summed E-state index contributed by atoms with van der Waals surface area (Å²) in [6, 6.07) is 7.16. The normalized spacial score (nSPS) is 25.4. The van der Waals surface area contributed by atoms with Crippen LogP contribution in [0, 0.1) is 5.92 Å². The molecule has 1 N–H and O–H groups in total. The van der Waals surface area contributed by atoms with Crippen molar-refractivity contribution in [3.63, 3.8) is 0 Å². The van der Waals surface area contributed by atoms with Gasteiger partial charge in [0.1, 0.15) is 6.04 Å². The van der Waals surface area contributed by atoms with Gasteiger partial charge in [-0.1, -0.05) is 18.2 Å². The molecule has 114 valence electrons. The lowest BCUT2D eigenvalue weighted by Crippen LogP contribution is -2.49. The molecule has 0 saturated carbocycles. The molecule has 1 aromatic carbocycles. The van der Waals surface area contributed by atoms with Crippen molar-refractivity contribution in [1.29, 1.82) is 0 Å². The topological polar surface area (TPSA) is 32.3 Å². The van der Waals surface area contributed by atoms with Gasteiger partial charge in [-0.2, -0.15) is 13.2 Å². The van der Waals surface area contributed by atoms with Gasteiger partial charge < -0.3 is 10.2 Å². The second-order valence-corrected chi connectivity index (χ2v) is 5.72. The lowest BCUT2D eigenvalue weighted by atomic mass is 9.96. The Balaban J connectivity index is 1.67. The van der Waals surface area contributed by atoms with Gasteiger partial charge in [0.2, 0.25) is 5.91 Å². The Labute approximate surface area is 121 Å². The van der Waals surface area contributed by atoms with Crippen molar-refractivity contribution < 1.29 is 18.0 Å². The fourth-order valence-corrected chi connectivity index (χ4v) is 3.11. The van der Waals surface area contributed by atoms with Crippen molar-refractivity contribution in [2.45, 2.75) is 31.5 Å². The van der Waals surface area contributed by atoms with Crippen molar-refractivity contribution in [1.82, 2.24) is 4.90 Å². The third-order valence-electron chi connectivity index (χ3n) is 4.27. The number of para-hydroxylation sites is 1. The van der Waals surface area contributed by atoms with Gasteiger partial charge in [-0.15, -0.1) is 0 Å². The van der Waals surface area contributed by atoms with Gasteiger partial charge in [0.05, 0.1) is 5.92 Å². The first kappa shape index (κ1) is 14.2. The van der Waals surface area contributed by atoms with Crippen molar-refractivity contribution >= 4 is 11.6 Å². The number of hydrogen-bond acceptors (Lipinski definition) is 2. The summed E-state index contributed by atoms with van der Waals surface area (Å²) in [7, 11) is 0. The van der Waals surface area contributed by atoms with E-state index in [-0.39, 0.29) is 18.9 Å². The summed E-state index contributed by atoms with van der Waals surface area (Å²) in [5.41, 5.74) is 1.94. The molecule has 1 aromatic rings. The summed E-state index contributed by atoms with van der Waals surface area (Å²) in [6.45, 7) is 0.205. The number of benzene rings is 1. The van der Waals surface area contributed by atoms with E-state index >= 15 is 0 Å². The second-order valence-electron chi connectivity index (χ2n) is 5.72. The monoisotopic (exact) mass is 298 g/mol. The number of nitrogens with zero attached hydrogens (tertiary/aromatic N) is 1. The molecule has 1 saturated heterocycles. The highest BCUT2D eigenvalue weighted by molar-refractivity contribution is 5.87. The molecule has 1 fully saturated rings. The van der Waals surface area contributed by atoms with E-state index in [4.69, 9.17) is 0 Å². The van der Waals surface area contributed by atoms with E-state index < -0.39 is 18.1 Å². The third kappa shape index (κ3) is 2.84. The van der Waals surface area contributed by atoms with Crippen LogP contribution >= 0.6 is 0 Å². The lowest BCUT2D eigenvalue weighted by Gasteiger charge is -2.35. The number of piperidine rings is 1. The van der Waals surface area contributed by atoms with Crippen LogP contribution in [0.4, 0.5) is 18.9 Å². The maximum atomic E-state index is 12.8. The van der Waals surface area contributed by atoms with Crippen LogP contribution in [0.5, 0.6) is 0 Å². The molecule has 0 aromatic heterocycles. The minimum absolute atomic E-state index is 0.117. The van der Waals surface area contributed by atoms with E-state index in [1.807, 2.05) is 24.3 Å². The number of rotatable bonds is 1. The van der Waals surface area contributed by atoms with E-state index in [1.165, 1.54) is 4.90 Å². The largest absolute Gasteiger partial charge is 0.393 e. The van der Waals surface area contributed by atoms with Crippen LogP contribution in [0.1, 0.15) is 18.4 Å². The first-order chi connectivity index (χ1) is 9.95. The fraction of sp³-hybridized carbons (Fsp3) is 0.533. The molecule has 21 heavy (non-hydrogen) atoms. The van der Waals surface area contributed by atoms with Gasteiger partial charge in [-0.3, -0.25) is 4.79 Å². The Morgan fingerprint density at radius 3 is 2.76 bits per heavy atom. The maximum absolute atomic E-state index is 12.8. The van der Waals surface area contributed by atoms with Crippen molar-refractivity contribution in [2.24, 2.45) is 5.92 Å². The van der Waals surface area contributed by atoms with Gasteiger partial charge in [0.25, 0.3) is 0 Å². The summed E-state index contributed by atoms with van der Waals surface area (Å²) < 4.78 is 38.5. The van der Waals surface area contributed by atoms with Crippen molar-refractivity contribution in [3.05, 3.63) is 29.8 Å². The molecular formula is C15H17F3N2O. The zero-order valence-electron chi connectivity index (χ0n) is 11.5. The zero-order valence-corrected chi connectivity index (χ0v) is 11.5. The first-order valence-electron chi connectivity index (χ1n) is 7.15. The molecule has 0 aliphatic carbocycles. The summed E-state index contributed by atoms with van der Waals surface area (Å²) in [4.78, 5) is 13.8. The van der Waals surface area contributed by atoms with Crippen molar-refractivity contribution in [2.75, 3.05) is 18.4 Å². The van der Waals surface area contributed by atoms with Gasteiger partial charge >= 0.3 is 6.18 Å². The van der Waals surface area contributed by atoms with Crippen LogP contribution in [0.2, 0.25) is 0 Å². The van der Waals surface area contributed by atoms with Crippen molar-refractivity contribution in [3.8, 4) is 0 Å². The van der Waals surface area contributed by atoms with Crippen LogP contribution < -0.4 is 5.32 Å². The molecular weight excluding hydrogens is 281 g/mol. The first-order valence-corrected chi connectivity index (χ1v) is 7.15. The molecule has 3 nitrogen and oxygen atoms in total. The summed E-state index contributed by atoms with van der Waals surface area (Å²) in [5.74, 6) is -1.61. The SMILES string of the molecule is O=C([C@H]1Cc2ccccc2N1)N1CCC[C@@H](C(F)(F)F)C1. The average Bonchev–Trinajstić information content (AvgIpc) is 2.89. The molecule has 3 rings (SSSR count). The predicted octanol–water partition coefficient (Wildman–Crippen LogP) is 2.82. The molecule has 0 bridgehead atoms. The number of nitrogens with one attached hydrogen (secondary N) is 1. The van der Waals surface area contributed by atoms with Gasteiger partial charge in [-0.05, 0) is 24.5 Å². The summed E-state index contributed by atoms with van der Waals surface area (Å²) in [6.07, 6.45) is -3.14. The number of likely N-dealkylation sites (tertiary alicyclic amines) is 1. The van der Waals surface area contributed by atoms with Crippen LogP contribution in [-0.4, -0.2) is 36.1 Å². The number of anilines is 1. The fourth-order valence-electron chi connectivity index (χ4n) is 3.11. The number of carbonyl (C=O) groups is 1. The molecule has 0 spiro atoms. The molecule has 2 atom stereocenters. The van der Waals surface area contributed by atoms with Crippen LogP contribution in [0.15, 0.2) is 24.3 Å². The second kappa shape index (κ2) is 5.24. The highest BCUT2D eigenvalue weighted by Crippen LogP contribution is 2.34. The molecule has 2 aliphatic heterocycles. The molecule has 2 heterocycles. The number of fused-ring (bicyclic) bond motifs is 1. The number of hydrogen-bond donors (Lipinski definition) is 1. The Bertz CT molecular complexity index is 519. The quantitative estimate of drug-likeness (QED) is 0.864. The van der Waals surface area contributed by atoms with Crippen LogP contribution in [-0.2, 0) is 11.2 Å².